The van der Waals surface area contributed by atoms with E-state index in [4.69, 9.17) is 9.72 Å². The van der Waals surface area contributed by atoms with Gasteiger partial charge in [-0.15, -0.1) is 0 Å². The first kappa shape index (κ1) is 18.8. The van der Waals surface area contributed by atoms with Crippen molar-refractivity contribution < 1.29 is 9.53 Å². The van der Waals surface area contributed by atoms with E-state index in [0.717, 1.165) is 29.1 Å². The topological polar surface area (TPSA) is 81.1 Å². The molecule has 2 aliphatic heterocycles. The van der Waals surface area contributed by atoms with Crippen molar-refractivity contribution in [1.29, 1.82) is 0 Å². The third-order valence-electron chi connectivity index (χ3n) is 5.96. The SMILES string of the molecule is Cc1ncc(C(=O)N2CCC3(CC2)OCCc2cnc(-c4ccccc4)nc23)cn1. The van der Waals surface area contributed by atoms with Gasteiger partial charge in [0.15, 0.2) is 5.82 Å². The van der Waals surface area contributed by atoms with Crippen molar-refractivity contribution in [3.8, 4) is 11.4 Å². The molecule has 4 heterocycles. The van der Waals surface area contributed by atoms with Crippen molar-refractivity contribution in [2.45, 2.75) is 31.8 Å². The van der Waals surface area contributed by atoms with Gasteiger partial charge in [0, 0.05) is 37.2 Å². The summed E-state index contributed by atoms with van der Waals surface area (Å²) in [4.78, 5) is 32.5. The summed E-state index contributed by atoms with van der Waals surface area (Å²) in [5.41, 5.74) is 3.19. The Morgan fingerprint density at radius 2 is 1.77 bits per heavy atom. The molecule has 0 saturated carbocycles. The Balaban J connectivity index is 1.39. The fourth-order valence-electron chi connectivity index (χ4n) is 4.27. The van der Waals surface area contributed by atoms with E-state index in [1.807, 2.05) is 48.4 Å². The van der Waals surface area contributed by atoms with Crippen LogP contribution < -0.4 is 0 Å². The van der Waals surface area contributed by atoms with Crippen molar-refractivity contribution in [3.05, 3.63) is 71.6 Å². The van der Waals surface area contributed by atoms with Crippen LogP contribution in [0.3, 0.4) is 0 Å². The second kappa shape index (κ2) is 7.57. The molecule has 7 heteroatoms. The average molecular weight is 401 g/mol. The van der Waals surface area contributed by atoms with Crippen LogP contribution in [0.5, 0.6) is 0 Å². The fraction of sp³-hybridized carbons (Fsp3) is 0.348. The number of piperidine rings is 1. The zero-order valence-electron chi connectivity index (χ0n) is 16.9. The van der Waals surface area contributed by atoms with Gasteiger partial charge < -0.3 is 9.64 Å². The first-order chi connectivity index (χ1) is 14.6. The van der Waals surface area contributed by atoms with Gasteiger partial charge in [0.05, 0.1) is 17.9 Å². The number of aromatic nitrogens is 4. The Kier molecular flexibility index (Phi) is 4.75. The van der Waals surface area contributed by atoms with Crippen molar-refractivity contribution in [1.82, 2.24) is 24.8 Å². The van der Waals surface area contributed by atoms with Crippen LogP contribution in [0.1, 0.15) is 40.3 Å². The Morgan fingerprint density at radius 1 is 1.03 bits per heavy atom. The highest BCUT2D eigenvalue weighted by atomic mass is 16.5. The number of ether oxygens (including phenoxy) is 1. The Bertz CT molecular complexity index is 1060. The van der Waals surface area contributed by atoms with E-state index < -0.39 is 5.60 Å². The van der Waals surface area contributed by atoms with Crippen LogP contribution in [-0.2, 0) is 16.8 Å². The van der Waals surface area contributed by atoms with Gasteiger partial charge in [-0.2, -0.15) is 0 Å². The fourth-order valence-corrected chi connectivity index (χ4v) is 4.27. The Hall–Kier alpha value is -3.19. The molecular formula is C23H23N5O2. The monoisotopic (exact) mass is 401 g/mol. The molecule has 1 spiro atoms. The molecule has 1 fully saturated rings. The lowest BCUT2D eigenvalue weighted by molar-refractivity contribution is -0.0967. The quantitative estimate of drug-likeness (QED) is 0.657. The van der Waals surface area contributed by atoms with Gasteiger partial charge in [0.25, 0.3) is 5.91 Å². The maximum absolute atomic E-state index is 12.8. The molecule has 0 atom stereocenters. The van der Waals surface area contributed by atoms with Gasteiger partial charge in [-0.05, 0) is 31.7 Å². The molecule has 2 aromatic heterocycles. The van der Waals surface area contributed by atoms with E-state index in [1.165, 1.54) is 0 Å². The average Bonchev–Trinajstić information content (AvgIpc) is 2.80. The van der Waals surface area contributed by atoms with Crippen LogP contribution in [-0.4, -0.2) is 50.4 Å². The Morgan fingerprint density at radius 3 is 2.50 bits per heavy atom. The summed E-state index contributed by atoms with van der Waals surface area (Å²) in [7, 11) is 0. The number of hydrogen-bond donors (Lipinski definition) is 0. The maximum atomic E-state index is 12.8. The number of rotatable bonds is 2. The predicted octanol–water partition coefficient (Wildman–Crippen LogP) is 2.95. The van der Waals surface area contributed by atoms with Gasteiger partial charge in [-0.25, -0.2) is 19.9 Å². The minimum atomic E-state index is -0.458. The number of aryl methyl sites for hydroxylation is 1. The molecule has 30 heavy (non-hydrogen) atoms. The summed E-state index contributed by atoms with van der Waals surface area (Å²) in [6.45, 7) is 3.68. The summed E-state index contributed by atoms with van der Waals surface area (Å²) < 4.78 is 6.32. The lowest BCUT2D eigenvalue weighted by atomic mass is 9.83. The highest BCUT2D eigenvalue weighted by Crippen LogP contribution is 2.41. The number of carbonyl (C=O) groups is 1. The van der Waals surface area contributed by atoms with Crippen molar-refractivity contribution >= 4 is 5.91 Å². The molecule has 3 aromatic rings. The minimum Gasteiger partial charge on any atom is -0.368 e. The normalized spacial score (nSPS) is 17.6. The smallest absolute Gasteiger partial charge is 0.256 e. The zero-order valence-corrected chi connectivity index (χ0v) is 16.9. The molecule has 2 aliphatic rings. The van der Waals surface area contributed by atoms with Crippen LogP contribution in [0.15, 0.2) is 48.9 Å². The highest BCUT2D eigenvalue weighted by molar-refractivity contribution is 5.93. The van der Waals surface area contributed by atoms with Gasteiger partial charge >= 0.3 is 0 Å². The van der Waals surface area contributed by atoms with E-state index in [2.05, 4.69) is 15.0 Å². The van der Waals surface area contributed by atoms with Gasteiger partial charge in [-0.3, -0.25) is 4.79 Å². The van der Waals surface area contributed by atoms with Crippen LogP contribution in [0, 0.1) is 6.92 Å². The molecule has 0 bridgehead atoms. The highest BCUT2D eigenvalue weighted by Gasteiger charge is 2.43. The van der Waals surface area contributed by atoms with Gasteiger partial charge in [-0.1, -0.05) is 30.3 Å². The van der Waals surface area contributed by atoms with Crippen LogP contribution >= 0.6 is 0 Å². The van der Waals surface area contributed by atoms with Crippen LogP contribution in [0.4, 0.5) is 0 Å². The number of likely N-dealkylation sites (tertiary alicyclic amines) is 1. The van der Waals surface area contributed by atoms with Crippen molar-refractivity contribution in [2.24, 2.45) is 0 Å². The number of nitrogens with zero attached hydrogens (tertiary/aromatic N) is 5. The third kappa shape index (κ3) is 3.35. The number of fused-ring (bicyclic) bond motifs is 2. The predicted molar refractivity (Wildman–Crippen MR) is 111 cm³/mol. The largest absolute Gasteiger partial charge is 0.368 e. The molecule has 0 radical (unpaired) electrons. The number of amides is 1. The van der Waals surface area contributed by atoms with Crippen molar-refractivity contribution in [2.75, 3.05) is 19.7 Å². The molecule has 5 rings (SSSR count). The molecule has 7 nitrogen and oxygen atoms in total. The molecular weight excluding hydrogens is 378 g/mol. The van der Waals surface area contributed by atoms with Crippen LogP contribution in [0.2, 0.25) is 0 Å². The summed E-state index contributed by atoms with van der Waals surface area (Å²) in [6.07, 6.45) is 7.38. The molecule has 152 valence electrons. The lowest BCUT2D eigenvalue weighted by Crippen LogP contribution is -2.49. The first-order valence-corrected chi connectivity index (χ1v) is 10.3. The standard InChI is InChI=1S/C23H23N5O2/c1-16-24-14-19(15-25-16)22(29)28-10-8-23(9-11-28)20-18(7-12-30-23)13-26-21(27-20)17-5-3-2-4-6-17/h2-6,13-15H,7-12H2,1H3. The number of hydrogen-bond acceptors (Lipinski definition) is 6. The maximum Gasteiger partial charge on any atom is 0.256 e. The van der Waals surface area contributed by atoms with E-state index in [-0.39, 0.29) is 5.91 Å². The first-order valence-electron chi connectivity index (χ1n) is 10.3. The number of benzene rings is 1. The zero-order chi connectivity index (χ0) is 20.6. The lowest BCUT2D eigenvalue weighted by Gasteiger charge is -2.44. The molecule has 0 aliphatic carbocycles. The van der Waals surface area contributed by atoms with E-state index >= 15 is 0 Å². The molecule has 1 amide bonds. The Labute approximate surface area is 175 Å². The second-order valence-electron chi connectivity index (χ2n) is 7.84. The van der Waals surface area contributed by atoms with E-state index in [1.54, 1.807) is 12.4 Å². The minimum absolute atomic E-state index is 0.0338. The summed E-state index contributed by atoms with van der Waals surface area (Å²) in [5, 5.41) is 0. The molecule has 0 N–H and O–H groups in total. The van der Waals surface area contributed by atoms with Gasteiger partial charge in [0.1, 0.15) is 11.4 Å². The van der Waals surface area contributed by atoms with Crippen LogP contribution in [0.25, 0.3) is 11.4 Å². The number of carbonyl (C=O) groups excluding carboxylic acids is 1. The summed E-state index contributed by atoms with van der Waals surface area (Å²) in [6, 6.07) is 10.00. The van der Waals surface area contributed by atoms with E-state index in [9.17, 15) is 4.79 Å². The third-order valence-corrected chi connectivity index (χ3v) is 5.96. The molecule has 0 unspecified atom stereocenters. The molecule has 1 saturated heterocycles. The summed E-state index contributed by atoms with van der Waals surface area (Å²) >= 11 is 0. The van der Waals surface area contributed by atoms with E-state index in [0.29, 0.717) is 43.9 Å². The summed E-state index contributed by atoms with van der Waals surface area (Å²) in [5.74, 6) is 1.34. The second-order valence-corrected chi connectivity index (χ2v) is 7.84. The molecule has 1 aromatic carbocycles. The van der Waals surface area contributed by atoms with Crippen molar-refractivity contribution in [3.63, 3.8) is 0 Å². The van der Waals surface area contributed by atoms with Gasteiger partial charge in [0.2, 0.25) is 0 Å².